The molecule has 4 heteroatoms. The lowest BCUT2D eigenvalue weighted by Gasteiger charge is -2.37. The van der Waals surface area contributed by atoms with Crippen molar-refractivity contribution in [3.8, 4) is 0 Å². The predicted octanol–water partition coefficient (Wildman–Crippen LogP) is 0.435. The van der Waals surface area contributed by atoms with E-state index in [9.17, 15) is 4.79 Å². The van der Waals surface area contributed by atoms with Gasteiger partial charge in [-0.3, -0.25) is 0 Å². The van der Waals surface area contributed by atoms with Gasteiger partial charge in [-0.15, -0.1) is 0 Å². The van der Waals surface area contributed by atoms with E-state index in [-0.39, 0.29) is 12.1 Å². The van der Waals surface area contributed by atoms with Gasteiger partial charge in [0.2, 0.25) is 0 Å². The number of carbonyl (C=O) groups excluding carboxylic acids is 1. The fourth-order valence-electron chi connectivity index (χ4n) is 1.43. The minimum absolute atomic E-state index is 0.214. The van der Waals surface area contributed by atoms with Crippen LogP contribution in [0.3, 0.4) is 0 Å². The molecule has 1 saturated heterocycles. The van der Waals surface area contributed by atoms with Crippen molar-refractivity contribution in [2.45, 2.75) is 25.9 Å². The summed E-state index contributed by atoms with van der Waals surface area (Å²) in [7, 11) is 1.42. The number of ether oxygens (including phenoxy) is 1. The molecule has 0 aromatic heterocycles. The Hall–Kier alpha value is -0.770. The average molecular weight is 172 g/mol. The molecule has 2 atom stereocenters. The molecule has 1 aliphatic heterocycles. The van der Waals surface area contributed by atoms with Gasteiger partial charge in [-0.05, 0) is 13.8 Å². The smallest absolute Gasteiger partial charge is 0.409 e. The van der Waals surface area contributed by atoms with E-state index < -0.39 is 0 Å². The molecule has 0 aromatic carbocycles. The molecule has 0 bridgehead atoms. The Bertz CT molecular complexity index is 172. The van der Waals surface area contributed by atoms with Gasteiger partial charge >= 0.3 is 6.09 Å². The van der Waals surface area contributed by atoms with Gasteiger partial charge in [0.25, 0.3) is 0 Å². The maximum atomic E-state index is 11.2. The van der Waals surface area contributed by atoms with Crippen molar-refractivity contribution in [2.75, 3.05) is 20.2 Å². The maximum absolute atomic E-state index is 11.2. The quantitative estimate of drug-likeness (QED) is 0.576. The van der Waals surface area contributed by atoms with Crippen LogP contribution >= 0.6 is 0 Å². The second kappa shape index (κ2) is 3.76. The second-order valence-electron chi connectivity index (χ2n) is 3.15. The lowest BCUT2D eigenvalue weighted by Crippen LogP contribution is -2.57. The first kappa shape index (κ1) is 9.32. The minimum atomic E-state index is -0.226. The normalized spacial score (nSPS) is 30.1. The zero-order chi connectivity index (χ0) is 9.14. The van der Waals surface area contributed by atoms with Crippen molar-refractivity contribution in [3.05, 3.63) is 0 Å². The highest BCUT2D eigenvalue weighted by molar-refractivity contribution is 5.68. The molecule has 0 spiro atoms. The van der Waals surface area contributed by atoms with Gasteiger partial charge in [0.1, 0.15) is 0 Å². The summed E-state index contributed by atoms with van der Waals surface area (Å²) >= 11 is 0. The summed E-state index contributed by atoms with van der Waals surface area (Å²) in [5.41, 5.74) is 0. The number of hydrogen-bond acceptors (Lipinski definition) is 3. The summed E-state index contributed by atoms with van der Waals surface area (Å²) in [5, 5.41) is 3.29. The number of nitrogens with zero attached hydrogens (tertiary/aromatic N) is 1. The molecule has 1 heterocycles. The van der Waals surface area contributed by atoms with E-state index in [0.29, 0.717) is 6.04 Å². The zero-order valence-electron chi connectivity index (χ0n) is 7.83. The van der Waals surface area contributed by atoms with Crippen LogP contribution in [0.15, 0.2) is 0 Å². The van der Waals surface area contributed by atoms with Crippen LogP contribution in [-0.4, -0.2) is 43.3 Å². The van der Waals surface area contributed by atoms with Crippen LogP contribution in [0, 0.1) is 0 Å². The zero-order valence-corrected chi connectivity index (χ0v) is 7.83. The van der Waals surface area contributed by atoms with E-state index >= 15 is 0 Å². The SMILES string of the molecule is COC(=O)N1CCNC(C)C1C. The van der Waals surface area contributed by atoms with Crippen LogP contribution in [0.1, 0.15) is 13.8 Å². The Morgan fingerprint density at radius 3 is 2.83 bits per heavy atom. The molecule has 0 radical (unpaired) electrons. The van der Waals surface area contributed by atoms with Crippen molar-refractivity contribution >= 4 is 6.09 Å². The van der Waals surface area contributed by atoms with Gasteiger partial charge in [-0.1, -0.05) is 0 Å². The Balaban J connectivity index is 2.57. The number of carbonyl (C=O) groups is 1. The van der Waals surface area contributed by atoms with Crippen LogP contribution < -0.4 is 5.32 Å². The van der Waals surface area contributed by atoms with E-state index in [1.807, 2.05) is 6.92 Å². The molecular formula is C8H16N2O2. The fraction of sp³-hybridized carbons (Fsp3) is 0.875. The molecule has 1 aliphatic rings. The predicted molar refractivity (Wildman–Crippen MR) is 46.0 cm³/mol. The Morgan fingerprint density at radius 2 is 2.25 bits per heavy atom. The first-order valence-corrected chi connectivity index (χ1v) is 4.24. The molecule has 0 aromatic rings. The van der Waals surface area contributed by atoms with E-state index in [2.05, 4.69) is 17.0 Å². The summed E-state index contributed by atoms with van der Waals surface area (Å²) in [5.74, 6) is 0. The monoisotopic (exact) mass is 172 g/mol. The van der Waals surface area contributed by atoms with Crippen LogP contribution in [0.2, 0.25) is 0 Å². The Morgan fingerprint density at radius 1 is 1.58 bits per heavy atom. The number of hydrogen-bond donors (Lipinski definition) is 1. The van der Waals surface area contributed by atoms with Crippen LogP contribution in [0.25, 0.3) is 0 Å². The van der Waals surface area contributed by atoms with Gasteiger partial charge < -0.3 is 15.0 Å². The number of rotatable bonds is 0. The molecule has 2 unspecified atom stereocenters. The molecule has 1 rings (SSSR count). The molecule has 1 amide bonds. The van der Waals surface area contributed by atoms with E-state index in [0.717, 1.165) is 13.1 Å². The van der Waals surface area contributed by atoms with E-state index in [1.165, 1.54) is 7.11 Å². The summed E-state index contributed by atoms with van der Waals surface area (Å²) in [6, 6.07) is 0.559. The lowest BCUT2D eigenvalue weighted by molar-refractivity contribution is 0.0869. The van der Waals surface area contributed by atoms with Gasteiger partial charge in [0.15, 0.2) is 0 Å². The van der Waals surface area contributed by atoms with Crippen molar-refractivity contribution in [1.82, 2.24) is 10.2 Å². The molecule has 1 N–H and O–H groups in total. The number of piperazine rings is 1. The molecular weight excluding hydrogens is 156 g/mol. The number of methoxy groups -OCH3 is 1. The standard InChI is InChI=1S/C8H16N2O2/c1-6-7(2)10(5-4-9-6)8(11)12-3/h6-7,9H,4-5H2,1-3H3. The molecule has 12 heavy (non-hydrogen) atoms. The summed E-state index contributed by atoms with van der Waals surface area (Å²) in [6.07, 6.45) is -0.226. The van der Waals surface area contributed by atoms with Gasteiger partial charge in [0, 0.05) is 25.2 Å². The molecule has 1 fully saturated rings. The molecule has 70 valence electrons. The topological polar surface area (TPSA) is 41.6 Å². The average Bonchev–Trinajstić information content (AvgIpc) is 2.08. The Kier molecular flexibility index (Phi) is 2.92. The first-order valence-electron chi connectivity index (χ1n) is 4.24. The molecule has 4 nitrogen and oxygen atoms in total. The van der Waals surface area contributed by atoms with Crippen molar-refractivity contribution in [3.63, 3.8) is 0 Å². The van der Waals surface area contributed by atoms with Gasteiger partial charge in [-0.2, -0.15) is 0 Å². The summed E-state index contributed by atoms with van der Waals surface area (Å²) in [6.45, 7) is 5.67. The van der Waals surface area contributed by atoms with E-state index in [1.54, 1.807) is 4.90 Å². The highest BCUT2D eigenvalue weighted by atomic mass is 16.5. The molecule has 0 aliphatic carbocycles. The number of nitrogens with one attached hydrogen (secondary N) is 1. The van der Waals surface area contributed by atoms with E-state index in [4.69, 9.17) is 0 Å². The van der Waals surface area contributed by atoms with Gasteiger partial charge in [-0.25, -0.2) is 4.79 Å². The highest BCUT2D eigenvalue weighted by Crippen LogP contribution is 2.09. The highest BCUT2D eigenvalue weighted by Gasteiger charge is 2.28. The first-order chi connectivity index (χ1) is 5.66. The number of amides is 1. The van der Waals surface area contributed by atoms with Crippen LogP contribution in [0.4, 0.5) is 4.79 Å². The summed E-state index contributed by atoms with van der Waals surface area (Å²) < 4.78 is 4.67. The maximum Gasteiger partial charge on any atom is 0.409 e. The summed E-state index contributed by atoms with van der Waals surface area (Å²) in [4.78, 5) is 12.9. The van der Waals surface area contributed by atoms with Crippen LogP contribution in [0.5, 0.6) is 0 Å². The third kappa shape index (κ3) is 1.69. The Labute approximate surface area is 72.9 Å². The van der Waals surface area contributed by atoms with Crippen molar-refractivity contribution < 1.29 is 9.53 Å². The third-order valence-electron chi connectivity index (χ3n) is 2.44. The third-order valence-corrected chi connectivity index (χ3v) is 2.44. The largest absolute Gasteiger partial charge is 0.453 e. The second-order valence-corrected chi connectivity index (χ2v) is 3.15. The van der Waals surface area contributed by atoms with Crippen molar-refractivity contribution in [1.29, 1.82) is 0 Å². The van der Waals surface area contributed by atoms with Gasteiger partial charge in [0.05, 0.1) is 7.11 Å². The lowest BCUT2D eigenvalue weighted by atomic mass is 10.1. The van der Waals surface area contributed by atoms with Crippen LogP contribution in [-0.2, 0) is 4.74 Å². The molecule has 0 saturated carbocycles. The fourth-order valence-corrected chi connectivity index (χ4v) is 1.43. The van der Waals surface area contributed by atoms with Crippen molar-refractivity contribution in [2.24, 2.45) is 0 Å². The minimum Gasteiger partial charge on any atom is -0.453 e.